The van der Waals surface area contributed by atoms with E-state index in [4.69, 9.17) is 0 Å². The Kier molecular flexibility index (Phi) is 4.66. The van der Waals surface area contributed by atoms with Crippen molar-refractivity contribution >= 4 is 61.6 Å². The van der Waals surface area contributed by atoms with Crippen molar-refractivity contribution in [3.63, 3.8) is 0 Å². The maximum atomic E-state index is 9.21. The first-order chi connectivity index (χ1) is 16.6. The zero-order chi connectivity index (χ0) is 23.4. The van der Waals surface area contributed by atoms with Crippen molar-refractivity contribution in [3.8, 4) is 34.4 Å². The van der Waals surface area contributed by atoms with E-state index in [1.54, 1.807) is 0 Å². The van der Waals surface area contributed by atoms with E-state index < -0.39 is 0 Å². The molecular formula is C30H16BBrN2. The molecule has 0 fully saturated rings. The van der Waals surface area contributed by atoms with Gasteiger partial charge in [-0.15, -0.1) is 0 Å². The Bertz CT molecular complexity index is 1690. The smallest absolute Gasteiger partial charge is 0.140 e. The van der Waals surface area contributed by atoms with Crippen molar-refractivity contribution < 1.29 is 0 Å². The number of nitrogens with zero attached hydrogens (tertiary/aromatic N) is 2. The molecule has 2 nitrogen and oxygen atoms in total. The molecule has 0 saturated heterocycles. The normalized spacial score (nSPS) is 11.1. The minimum Gasteiger partial charge on any atom is -0.192 e. The highest BCUT2D eigenvalue weighted by atomic mass is 79.9. The van der Waals surface area contributed by atoms with E-state index in [0.29, 0.717) is 11.1 Å². The predicted octanol–water partition coefficient (Wildman–Crippen LogP) is 6.68. The zero-order valence-electron chi connectivity index (χ0n) is 18.4. The van der Waals surface area contributed by atoms with Gasteiger partial charge in [-0.05, 0) is 84.9 Å². The van der Waals surface area contributed by atoms with Gasteiger partial charge >= 0.3 is 0 Å². The first kappa shape index (κ1) is 20.5. The van der Waals surface area contributed by atoms with Gasteiger partial charge in [0.25, 0.3) is 0 Å². The highest BCUT2D eigenvalue weighted by Gasteiger charge is 2.18. The van der Waals surface area contributed by atoms with E-state index in [1.807, 2.05) is 48.5 Å². The van der Waals surface area contributed by atoms with Gasteiger partial charge in [-0.3, -0.25) is 0 Å². The first-order valence-electron chi connectivity index (χ1n) is 11.0. The summed E-state index contributed by atoms with van der Waals surface area (Å²) in [7, 11) is 2.16. The van der Waals surface area contributed by atoms with Crippen LogP contribution in [0.3, 0.4) is 0 Å². The van der Waals surface area contributed by atoms with Crippen molar-refractivity contribution in [1.29, 1.82) is 10.5 Å². The summed E-state index contributed by atoms with van der Waals surface area (Å²) in [5.41, 5.74) is 7.04. The van der Waals surface area contributed by atoms with Crippen molar-refractivity contribution in [2.45, 2.75) is 0 Å². The fraction of sp³-hybridized carbons (Fsp3) is 0. The maximum absolute atomic E-state index is 9.21. The van der Waals surface area contributed by atoms with Gasteiger partial charge in [0.2, 0.25) is 0 Å². The van der Waals surface area contributed by atoms with E-state index in [0.717, 1.165) is 21.2 Å². The average Bonchev–Trinajstić information content (AvgIpc) is 2.89. The second-order valence-electron chi connectivity index (χ2n) is 8.60. The Morgan fingerprint density at radius 2 is 1.00 bits per heavy atom. The van der Waals surface area contributed by atoms with Gasteiger partial charge in [-0.25, -0.2) is 0 Å². The van der Waals surface area contributed by atoms with Crippen LogP contribution in [0.4, 0.5) is 0 Å². The summed E-state index contributed by atoms with van der Waals surface area (Å²) in [6, 6.07) is 33.3. The summed E-state index contributed by atoms with van der Waals surface area (Å²) >= 11 is 3.83. The van der Waals surface area contributed by atoms with Crippen LogP contribution in [-0.2, 0) is 0 Å². The van der Waals surface area contributed by atoms with Gasteiger partial charge in [-0.1, -0.05) is 76.0 Å². The van der Waals surface area contributed by atoms with E-state index >= 15 is 0 Å². The lowest BCUT2D eigenvalue weighted by Crippen LogP contribution is -2.06. The molecule has 0 heterocycles. The molecule has 0 spiro atoms. The SMILES string of the molecule is Bc1cc(-c2ccc(C#N)cc2)c2ccc3c(Br)cc(-c4ccc(C#N)cc4)c4ccc1c2c34. The van der Waals surface area contributed by atoms with Crippen LogP contribution in [0.1, 0.15) is 11.1 Å². The topological polar surface area (TPSA) is 47.6 Å². The van der Waals surface area contributed by atoms with Crippen LogP contribution < -0.4 is 5.46 Å². The largest absolute Gasteiger partial charge is 0.192 e. The lowest BCUT2D eigenvalue weighted by atomic mass is 9.80. The molecule has 0 radical (unpaired) electrons. The van der Waals surface area contributed by atoms with Crippen molar-refractivity contribution in [1.82, 2.24) is 0 Å². The highest BCUT2D eigenvalue weighted by molar-refractivity contribution is 9.10. The molecule has 0 saturated carbocycles. The number of rotatable bonds is 2. The van der Waals surface area contributed by atoms with Gasteiger partial charge < -0.3 is 0 Å². The van der Waals surface area contributed by atoms with Crippen LogP contribution in [0.5, 0.6) is 0 Å². The molecular weight excluding hydrogens is 479 g/mol. The van der Waals surface area contributed by atoms with Crippen LogP contribution in [0.15, 0.2) is 89.4 Å². The Balaban J connectivity index is 1.72. The third-order valence-electron chi connectivity index (χ3n) is 6.71. The fourth-order valence-corrected chi connectivity index (χ4v) is 5.61. The van der Waals surface area contributed by atoms with Gasteiger partial charge in [0.05, 0.1) is 23.3 Å². The molecule has 0 atom stereocenters. The third kappa shape index (κ3) is 3.01. The highest BCUT2D eigenvalue weighted by Crippen LogP contribution is 2.44. The van der Waals surface area contributed by atoms with Gasteiger partial charge in [0.1, 0.15) is 7.85 Å². The lowest BCUT2D eigenvalue weighted by molar-refractivity contribution is 1.48. The summed E-state index contributed by atoms with van der Waals surface area (Å²) in [6.07, 6.45) is 0. The van der Waals surface area contributed by atoms with Gasteiger partial charge in [0.15, 0.2) is 0 Å². The first-order valence-corrected chi connectivity index (χ1v) is 11.8. The van der Waals surface area contributed by atoms with E-state index in [9.17, 15) is 10.5 Å². The average molecular weight is 495 g/mol. The van der Waals surface area contributed by atoms with Gasteiger partial charge in [0, 0.05) is 4.47 Å². The van der Waals surface area contributed by atoms with Crippen LogP contribution >= 0.6 is 15.9 Å². The van der Waals surface area contributed by atoms with E-state index in [2.05, 4.69) is 72.3 Å². The molecule has 6 rings (SSSR count). The minimum absolute atomic E-state index is 0.656. The molecule has 0 aliphatic carbocycles. The standard InChI is InChI=1S/C30H16BBrN2/c31-27-13-25(19-5-1-17(15-33)2-6-19)21-10-12-24-28(32)14-26(20-7-3-18(16-34)4-8-20)22-9-11-23(27)29(21)30(22)24/h1-14H,31H2. The predicted molar refractivity (Wildman–Crippen MR) is 146 cm³/mol. The molecule has 0 aliphatic rings. The Hall–Kier alpha value is -4.12. The second-order valence-corrected chi connectivity index (χ2v) is 9.45. The molecule has 4 heteroatoms. The molecule has 6 aromatic carbocycles. The van der Waals surface area contributed by atoms with E-state index in [1.165, 1.54) is 43.3 Å². The molecule has 0 unspecified atom stereocenters. The van der Waals surface area contributed by atoms with Crippen LogP contribution in [0, 0.1) is 22.7 Å². The second kappa shape index (κ2) is 7.74. The third-order valence-corrected chi connectivity index (χ3v) is 7.36. The van der Waals surface area contributed by atoms with Crippen LogP contribution in [0.25, 0.3) is 54.6 Å². The monoisotopic (exact) mass is 494 g/mol. The number of hydrogen-bond acceptors (Lipinski definition) is 2. The molecule has 0 bridgehead atoms. The van der Waals surface area contributed by atoms with Crippen LogP contribution in [-0.4, -0.2) is 7.85 Å². The zero-order valence-corrected chi connectivity index (χ0v) is 19.9. The molecule has 6 aromatic rings. The quantitative estimate of drug-likeness (QED) is 0.199. The summed E-state index contributed by atoms with van der Waals surface area (Å²) in [5, 5.41) is 25.7. The summed E-state index contributed by atoms with van der Waals surface area (Å²) in [6.45, 7) is 0. The van der Waals surface area contributed by atoms with Crippen molar-refractivity contribution in [2.75, 3.05) is 0 Å². The lowest BCUT2D eigenvalue weighted by Gasteiger charge is -2.19. The van der Waals surface area contributed by atoms with Gasteiger partial charge in [-0.2, -0.15) is 10.5 Å². The number of hydrogen-bond donors (Lipinski definition) is 0. The molecule has 0 amide bonds. The minimum atomic E-state index is 0.656. The maximum Gasteiger partial charge on any atom is 0.140 e. The summed E-state index contributed by atoms with van der Waals surface area (Å²) < 4.78 is 1.05. The summed E-state index contributed by atoms with van der Waals surface area (Å²) in [5.74, 6) is 0. The Labute approximate surface area is 206 Å². The number of benzene rings is 6. The molecule has 34 heavy (non-hydrogen) atoms. The molecule has 0 N–H and O–H groups in total. The van der Waals surface area contributed by atoms with Crippen molar-refractivity contribution in [2.24, 2.45) is 0 Å². The molecule has 0 aromatic heterocycles. The molecule has 156 valence electrons. The van der Waals surface area contributed by atoms with Crippen molar-refractivity contribution in [3.05, 3.63) is 101 Å². The fourth-order valence-electron chi connectivity index (χ4n) is 5.05. The number of nitriles is 2. The van der Waals surface area contributed by atoms with Crippen LogP contribution in [0.2, 0.25) is 0 Å². The Morgan fingerprint density at radius 3 is 1.53 bits per heavy atom. The molecule has 0 aliphatic heterocycles. The number of halogens is 1. The van der Waals surface area contributed by atoms with E-state index in [-0.39, 0.29) is 0 Å². The Morgan fingerprint density at radius 1 is 0.559 bits per heavy atom. The summed E-state index contributed by atoms with van der Waals surface area (Å²) in [4.78, 5) is 0.